The van der Waals surface area contributed by atoms with E-state index in [1.165, 1.54) is 5.56 Å². The smallest absolute Gasteiger partial charge is 0.256 e. The van der Waals surface area contributed by atoms with Gasteiger partial charge in [-0.25, -0.2) is 4.68 Å². The molecule has 0 spiro atoms. The first-order chi connectivity index (χ1) is 12.6. The van der Waals surface area contributed by atoms with Crippen molar-refractivity contribution in [1.29, 1.82) is 0 Å². The Balaban J connectivity index is 1.48. The van der Waals surface area contributed by atoms with E-state index in [1.807, 2.05) is 28.6 Å². The Morgan fingerprint density at radius 2 is 2.23 bits per heavy atom. The fraction of sp³-hybridized carbons (Fsp3) is 0.421. The molecule has 7 nitrogen and oxygen atoms in total. The normalized spacial score (nSPS) is 22.3. The monoisotopic (exact) mass is 351 g/mol. The molecule has 1 saturated heterocycles. The molecule has 1 fully saturated rings. The number of H-pyrrole nitrogens is 1. The molecule has 2 unspecified atom stereocenters. The molecule has 4 heterocycles. The molecule has 0 bridgehead atoms. The first kappa shape index (κ1) is 15.6. The molecule has 0 saturated carbocycles. The van der Waals surface area contributed by atoms with Crippen LogP contribution >= 0.6 is 0 Å². The highest BCUT2D eigenvalue weighted by atomic mass is 16.5. The number of aromatic amines is 1. The molecule has 5 rings (SSSR count). The van der Waals surface area contributed by atoms with Gasteiger partial charge in [-0.1, -0.05) is 17.3 Å². The number of carbonyl (C=O) groups is 1. The predicted octanol–water partition coefficient (Wildman–Crippen LogP) is 2.36. The number of benzene rings is 1. The minimum atomic E-state index is 0.0327. The summed E-state index contributed by atoms with van der Waals surface area (Å²) >= 11 is 0. The summed E-state index contributed by atoms with van der Waals surface area (Å²) in [5.41, 5.74) is 4.93. The summed E-state index contributed by atoms with van der Waals surface area (Å²) in [6.45, 7) is 5.96. The average Bonchev–Trinajstić information content (AvgIpc) is 3.26. The van der Waals surface area contributed by atoms with Gasteiger partial charge in [-0.05, 0) is 31.9 Å². The van der Waals surface area contributed by atoms with Crippen LogP contribution < -0.4 is 0 Å². The van der Waals surface area contributed by atoms with Crippen molar-refractivity contribution in [1.82, 2.24) is 24.9 Å². The van der Waals surface area contributed by atoms with Crippen LogP contribution in [0.25, 0.3) is 10.9 Å². The number of piperidine rings is 1. The van der Waals surface area contributed by atoms with Crippen LogP contribution in [0, 0.1) is 13.8 Å². The van der Waals surface area contributed by atoms with Gasteiger partial charge in [0.1, 0.15) is 0 Å². The van der Waals surface area contributed by atoms with Crippen LogP contribution in [0.1, 0.15) is 39.8 Å². The number of para-hydroxylation sites is 1. The molecule has 1 amide bonds. The van der Waals surface area contributed by atoms with Crippen LogP contribution in [0.5, 0.6) is 0 Å². The van der Waals surface area contributed by atoms with Gasteiger partial charge in [0.15, 0.2) is 0 Å². The summed E-state index contributed by atoms with van der Waals surface area (Å²) in [6, 6.07) is 5.96. The summed E-state index contributed by atoms with van der Waals surface area (Å²) in [7, 11) is 0. The standard InChI is InChI=1S/C19H21N5O2/c1-11-12(2)21-18-14(11)4-3-5-15(18)19(25)23-7-6-17-16(9-23)24-13(10-26-17)8-20-22-24/h3-5,8,16-17,21H,6-7,9-10H2,1-2H3. The Hall–Kier alpha value is -2.67. The maximum Gasteiger partial charge on any atom is 0.256 e. The molecule has 2 aliphatic rings. The number of carbonyl (C=O) groups excluding carboxylic acids is 1. The van der Waals surface area contributed by atoms with Gasteiger partial charge in [-0.2, -0.15) is 0 Å². The third-order valence-corrected chi connectivity index (χ3v) is 5.79. The first-order valence-corrected chi connectivity index (χ1v) is 9.01. The van der Waals surface area contributed by atoms with Gasteiger partial charge in [0.2, 0.25) is 0 Å². The highest BCUT2D eigenvalue weighted by Gasteiger charge is 2.38. The number of nitrogens with one attached hydrogen (secondary N) is 1. The summed E-state index contributed by atoms with van der Waals surface area (Å²) in [4.78, 5) is 18.6. The van der Waals surface area contributed by atoms with Crippen molar-refractivity contribution in [2.45, 2.75) is 39.0 Å². The number of rotatable bonds is 1. The maximum atomic E-state index is 13.3. The second-order valence-electron chi connectivity index (χ2n) is 7.23. The third-order valence-electron chi connectivity index (χ3n) is 5.79. The van der Waals surface area contributed by atoms with E-state index >= 15 is 0 Å². The number of nitrogens with zero attached hydrogens (tertiary/aromatic N) is 4. The molecular weight excluding hydrogens is 330 g/mol. The van der Waals surface area contributed by atoms with Crippen molar-refractivity contribution in [3.63, 3.8) is 0 Å². The Bertz CT molecular complexity index is 1000. The zero-order chi connectivity index (χ0) is 17.8. The molecule has 2 atom stereocenters. The lowest BCUT2D eigenvalue weighted by atomic mass is 9.99. The second-order valence-corrected chi connectivity index (χ2v) is 7.23. The molecule has 134 valence electrons. The van der Waals surface area contributed by atoms with Crippen LogP contribution in [-0.2, 0) is 11.3 Å². The number of ether oxygens (including phenoxy) is 1. The van der Waals surface area contributed by atoms with E-state index in [4.69, 9.17) is 4.74 Å². The Morgan fingerprint density at radius 1 is 1.35 bits per heavy atom. The van der Waals surface area contributed by atoms with Crippen molar-refractivity contribution in [3.8, 4) is 0 Å². The topological polar surface area (TPSA) is 76.0 Å². The molecule has 2 aliphatic heterocycles. The van der Waals surface area contributed by atoms with Crippen LogP contribution in [0.2, 0.25) is 0 Å². The lowest BCUT2D eigenvalue weighted by molar-refractivity contribution is -0.0604. The van der Waals surface area contributed by atoms with Crippen molar-refractivity contribution >= 4 is 16.8 Å². The van der Waals surface area contributed by atoms with Gasteiger partial charge >= 0.3 is 0 Å². The summed E-state index contributed by atoms with van der Waals surface area (Å²) in [5, 5.41) is 9.33. The third kappa shape index (κ3) is 2.20. The predicted molar refractivity (Wildman–Crippen MR) is 95.9 cm³/mol. The molecule has 0 aliphatic carbocycles. The molecule has 26 heavy (non-hydrogen) atoms. The van der Waals surface area contributed by atoms with E-state index in [0.717, 1.165) is 34.3 Å². The van der Waals surface area contributed by atoms with Crippen molar-refractivity contribution in [2.24, 2.45) is 0 Å². The van der Waals surface area contributed by atoms with E-state index in [-0.39, 0.29) is 18.1 Å². The van der Waals surface area contributed by atoms with Gasteiger partial charge in [0.05, 0.1) is 41.7 Å². The lowest BCUT2D eigenvalue weighted by Crippen LogP contribution is -2.49. The zero-order valence-corrected chi connectivity index (χ0v) is 14.9. The second kappa shape index (κ2) is 5.67. The van der Waals surface area contributed by atoms with E-state index in [0.29, 0.717) is 19.7 Å². The number of hydrogen-bond donors (Lipinski definition) is 1. The molecule has 0 radical (unpaired) electrons. The molecular formula is C19H21N5O2. The fourth-order valence-corrected chi connectivity index (χ4v) is 4.19. The molecule has 7 heteroatoms. The van der Waals surface area contributed by atoms with Gasteiger partial charge in [0.25, 0.3) is 5.91 Å². The van der Waals surface area contributed by atoms with Gasteiger partial charge < -0.3 is 14.6 Å². The van der Waals surface area contributed by atoms with Crippen LogP contribution in [0.4, 0.5) is 0 Å². The van der Waals surface area contributed by atoms with Crippen LogP contribution in [-0.4, -0.2) is 50.0 Å². The summed E-state index contributed by atoms with van der Waals surface area (Å²) in [5.74, 6) is 0.0579. The van der Waals surface area contributed by atoms with Crippen LogP contribution in [0.3, 0.4) is 0 Å². The fourth-order valence-electron chi connectivity index (χ4n) is 4.19. The van der Waals surface area contributed by atoms with E-state index in [1.54, 1.807) is 6.20 Å². The van der Waals surface area contributed by atoms with Crippen molar-refractivity contribution in [2.75, 3.05) is 13.1 Å². The number of amides is 1. The van der Waals surface area contributed by atoms with E-state index < -0.39 is 0 Å². The molecule has 1 aromatic carbocycles. The Morgan fingerprint density at radius 3 is 3.12 bits per heavy atom. The Kier molecular flexibility index (Phi) is 3.40. The maximum absolute atomic E-state index is 13.3. The summed E-state index contributed by atoms with van der Waals surface area (Å²) in [6.07, 6.45) is 2.65. The number of hydrogen-bond acceptors (Lipinski definition) is 4. The minimum Gasteiger partial charge on any atom is -0.370 e. The van der Waals surface area contributed by atoms with E-state index in [2.05, 4.69) is 28.3 Å². The molecule has 1 N–H and O–H groups in total. The van der Waals surface area contributed by atoms with Gasteiger partial charge in [0, 0.05) is 24.2 Å². The first-order valence-electron chi connectivity index (χ1n) is 9.01. The van der Waals surface area contributed by atoms with Gasteiger partial charge in [-0.3, -0.25) is 4.79 Å². The van der Waals surface area contributed by atoms with E-state index in [9.17, 15) is 4.79 Å². The van der Waals surface area contributed by atoms with Crippen LogP contribution in [0.15, 0.2) is 24.4 Å². The minimum absolute atomic E-state index is 0.0327. The highest BCUT2D eigenvalue weighted by Crippen LogP contribution is 2.32. The van der Waals surface area contributed by atoms with Crippen molar-refractivity contribution in [3.05, 3.63) is 46.9 Å². The number of fused-ring (bicyclic) bond motifs is 4. The SMILES string of the molecule is Cc1[nH]c2c(C(=O)N3CCC4OCc5cnnn5C4C3)cccc2c1C. The largest absolute Gasteiger partial charge is 0.370 e. The summed E-state index contributed by atoms with van der Waals surface area (Å²) < 4.78 is 7.87. The highest BCUT2D eigenvalue weighted by molar-refractivity contribution is 6.06. The Labute approximate surface area is 150 Å². The number of aromatic nitrogens is 4. The quantitative estimate of drug-likeness (QED) is 0.730. The lowest BCUT2D eigenvalue weighted by Gasteiger charge is -2.41. The molecule has 3 aromatic rings. The molecule has 2 aromatic heterocycles. The average molecular weight is 351 g/mol. The number of aryl methyl sites for hydroxylation is 2. The van der Waals surface area contributed by atoms with Crippen molar-refractivity contribution < 1.29 is 9.53 Å². The number of likely N-dealkylation sites (tertiary alicyclic amines) is 1. The van der Waals surface area contributed by atoms with Gasteiger partial charge in [-0.15, -0.1) is 5.10 Å². The zero-order valence-electron chi connectivity index (χ0n) is 14.9.